The minimum atomic E-state index is -0.0795. The van der Waals surface area contributed by atoms with Gasteiger partial charge in [-0.3, -0.25) is 9.59 Å². The molecule has 3 aromatic rings. The normalized spacial score (nSPS) is 15.1. The van der Waals surface area contributed by atoms with Gasteiger partial charge in [-0.05, 0) is 44.9 Å². The van der Waals surface area contributed by atoms with Gasteiger partial charge in [-0.15, -0.1) is 0 Å². The first kappa shape index (κ1) is 19.1. The number of anilines is 1. The van der Waals surface area contributed by atoms with Crippen molar-refractivity contribution in [2.75, 3.05) is 18.4 Å². The Morgan fingerprint density at radius 2 is 1.83 bits per heavy atom. The summed E-state index contributed by atoms with van der Waals surface area (Å²) in [5, 5.41) is 8.18. The number of hydrogen-bond acceptors (Lipinski definition) is 4. The summed E-state index contributed by atoms with van der Waals surface area (Å²) in [7, 11) is 0. The van der Waals surface area contributed by atoms with E-state index < -0.39 is 0 Å². The van der Waals surface area contributed by atoms with Crippen LogP contribution in [0.1, 0.15) is 43.1 Å². The first-order valence-corrected chi connectivity index (χ1v) is 10.0. The van der Waals surface area contributed by atoms with Crippen molar-refractivity contribution in [3.63, 3.8) is 0 Å². The van der Waals surface area contributed by atoms with Crippen molar-refractivity contribution in [3.05, 3.63) is 54.4 Å². The zero-order valence-corrected chi connectivity index (χ0v) is 16.7. The number of piperidine rings is 1. The number of aromatic nitrogens is 3. The Labute approximate surface area is 169 Å². The molecule has 2 amide bonds. The van der Waals surface area contributed by atoms with Crippen molar-refractivity contribution in [1.82, 2.24) is 19.7 Å². The highest BCUT2D eigenvalue weighted by molar-refractivity contribution is 5.97. The zero-order chi connectivity index (χ0) is 20.4. The second kappa shape index (κ2) is 8.03. The van der Waals surface area contributed by atoms with E-state index in [9.17, 15) is 9.59 Å². The average molecular weight is 391 g/mol. The molecular weight excluding hydrogens is 366 g/mol. The zero-order valence-electron chi connectivity index (χ0n) is 16.7. The summed E-state index contributed by atoms with van der Waals surface area (Å²) in [6.45, 7) is 5.22. The molecule has 3 heterocycles. The van der Waals surface area contributed by atoms with Gasteiger partial charge in [0.2, 0.25) is 5.91 Å². The summed E-state index contributed by atoms with van der Waals surface area (Å²) < 4.78 is 1.85. The van der Waals surface area contributed by atoms with Gasteiger partial charge >= 0.3 is 0 Å². The second-order valence-electron chi connectivity index (χ2n) is 7.74. The summed E-state index contributed by atoms with van der Waals surface area (Å²) in [6.07, 6.45) is 4.69. The lowest BCUT2D eigenvalue weighted by Gasteiger charge is -2.31. The Hall–Kier alpha value is -3.22. The number of rotatable bonds is 4. The van der Waals surface area contributed by atoms with Crippen molar-refractivity contribution in [2.24, 2.45) is 5.92 Å². The van der Waals surface area contributed by atoms with E-state index in [0.717, 1.165) is 16.7 Å². The van der Waals surface area contributed by atoms with Crippen LogP contribution < -0.4 is 5.32 Å². The van der Waals surface area contributed by atoms with Gasteiger partial charge in [-0.1, -0.05) is 18.2 Å². The van der Waals surface area contributed by atoms with Crippen molar-refractivity contribution in [2.45, 2.75) is 32.7 Å². The Balaban J connectivity index is 1.39. The third-order valence-corrected chi connectivity index (χ3v) is 5.36. The predicted octanol–water partition coefficient (Wildman–Crippen LogP) is 3.50. The molecule has 1 aromatic carbocycles. The highest BCUT2D eigenvalue weighted by Crippen LogP contribution is 2.22. The molecule has 0 unspecified atom stereocenters. The Morgan fingerprint density at radius 3 is 2.52 bits per heavy atom. The quantitative estimate of drug-likeness (QED) is 0.738. The lowest BCUT2D eigenvalue weighted by molar-refractivity contribution is -0.121. The molecule has 150 valence electrons. The first-order chi connectivity index (χ1) is 14.0. The molecule has 0 spiro atoms. The number of hydrogen-bond donors (Lipinski definition) is 1. The molecule has 4 rings (SSSR count). The molecule has 1 saturated heterocycles. The first-order valence-electron chi connectivity index (χ1n) is 10.0. The molecule has 1 N–H and O–H groups in total. The van der Waals surface area contributed by atoms with E-state index in [1.165, 1.54) is 0 Å². The van der Waals surface area contributed by atoms with Gasteiger partial charge in [-0.25, -0.2) is 9.67 Å². The molecule has 0 bridgehead atoms. The SMILES string of the molecule is CC(C)n1ncc2cc(C(=O)N3CCC(C(=O)Nc4ccccc4)CC3)cnc21. The van der Waals surface area contributed by atoms with Crippen LogP contribution in [-0.4, -0.2) is 44.6 Å². The fourth-order valence-corrected chi connectivity index (χ4v) is 3.73. The minimum absolute atomic E-state index is 0.0208. The largest absolute Gasteiger partial charge is 0.339 e. The fourth-order valence-electron chi connectivity index (χ4n) is 3.73. The predicted molar refractivity (Wildman–Crippen MR) is 112 cm³/mol. The second-order valence-corrected chi connectivity index (χ2v) is 7.74. The number of carbonyl (C=O) groups excluding carboxylic acids is 2. The van der Waals surface area contributed by atoms with Gasteiger partial charge in [0.05, 0.1) is 11.8 Å². The van der Waals surface area contributed by atoms with E-state index in [1.54, 1.807) is 12.4 Å². The number of carbonyl (C=O) groups is 2. The van der Waals surface area contributed by atoms with Crippen LogP contribution in [0.25, 0.3) is 11.0 Å². The van der Waals surface area contributed by atoms with Gasteiger partial charge < -0.3 is 10.2 Å². The highest BCUT2D eigenvalue weighted by atomic mass is 16.2. The summed E-state index contributed by atoms with van der Waals surface area (Å²) in [6, 6.07) is 11.5. The number of amides is 2. The van der Waals surface area contributed by atoms with Crippen molar-refractivity contribution >= 4 is 28.5 Å². The van der Waals surface area contributed by atoms with Crippen LogP contribution in [0.5, 0.6) is 0 Å². The number of nitrogens with zero attached hydrogens (tertiary/aromatic N) is 4. The van der Waals surface area contributed by atoms with E-state index in [-0.39, 0.29) is 23.8 Å². The summed E-state index contributed by atoms with van der Waals surface area (Å²) in [5.41, 5.74) is 2.15. The van der Waals surface area contributed by atoms with Crippen LogP contribution in [-0.2, 0) is 4.79 Å². The average Bonchev–Trinajstić information content (AvgIpc) is 3.17. The maximum atomic E-state index is 12.9. The fraction of sp³-hybridized carbons (Fsp3) is 0.364. The standard InChI is InChI=1S/C22H25N5O2/c1-15(2)27-20-17(14-24-27)12-18(13-23-20)22(29)26-10-8-16(9-11-26)21(28)25-19-6-4-3-5-7-19/h3-7,12-16H,8-11H2,1-2H3,(H,25,28). The molecular formula is C22H25N5O2. The molecule has 0 saturated carbocycles. The Morgan fingerprint density at radius 1 is 1.10 bits per heavy atom. The van der Waals surface area contributed by atoms with E-state index in [2.05, 4.69) is 15.4 Å². The van der Waals surface area contributed by atoms with E-state index in [1.807, 2.05) is 59.8 Å². The molecule has 1 aliphatic heterocycles. The summed E-state index contributed by atoms with van der Waals surface area (Å²) in [5.74, 6) is -0.102. The topological polar surface area (TPSA) is 80.1 Å². The van der Waals surface area contributed by atoms with E-state index in [4.69, 9.17) is 0 Å². The molecule has 0 aliphatic carbocycles. The lowest BCUT2D eigenvalue weighted by Crippen LogP contribution is -2.41. The van der Waals surface area contributed by atoms with Crippen LogP contribution in [0, 0.1) is 5.92 Å². The molecule has 1 fully saturated rings. The number of likely N-dealkylation sites (tertiary alicyclic amines) is 1. The van der Waals surface area contributed by atoms with Gasteiger partial charge in [0, 0.05) is 42.3 Å². The number of para-hydroxylation sites is 1. The number of nitrogens with one attached hydrogen (secondary N) is 1. The van der Waals surface area contributed by atoms with Crippen LogP contribution in [0.15, 0.2) is 48.8 Å². The molecule has 2 aromatic heterocycles. The summed E-state index contributed by atoms with van der Waals surface area (Å²) in [4.78, 5) is 31.7. The number of benzene rings is 1. The van der Waals surface area contributed by atoms with Crippen LogP contribution in [0.4, 0.5) is 5.69 Å². The molecule has 7 nitrogen and oxygen atoms in total. The monoisotopic (exact) mass is 391 g/mol. The Bertz CT molecular complexity index is 1020. The van der Waals surface area contributed by atoms with Gasteiger partial charge in [0.25, 0.3) is 5.91 Å². The van der Waals surface area contributed by atoms with Crippen LogP contribution in [0.2, 0.25) is 0 Å². The third-order valence-electron chi connectivity index (χ3n) is 5.36. The van der Waals surface area contributed by atoms with Crippen molar-refractivity contribution in [1.29, 1.82) is 0 Å². The molecule has 0 radical (unpaired) electrons. The van der Waals surface area contributed by atoms with Gasteiger partial charge in [-0.2, -0.15) is 5.10 Å². The molecule has 1 aliphatic rings. The van der Waals surface area contributed by atoms with Gasteiger partial charge in [0.15, 0.2) is 5.65 Å². The third kappa shape index (κ3) is 3.99. The van der Waals surface area contributed by atoms with Gasteiger partial charge in [0.1, 0.15) is 0 Å². The Kier molecular flexibility index (Phi) is 5.29. The van der Waals surface area contributed by atoms with Crippen LogP contribution in [0.3, 0.4) is 0 Å². The van der Waals surface area contributed by atoms with E-state index >= 15 is 0 Å². The van der Waals surface area contributed by atoms with Crippen molar-refractivity contribution < 1.29 is 9.59 Å². The smallest absolute Gasteiger partial charge is 0.255 e. The highest BCUT2D eigenvalue weighted by Gasteiger charge is 2.28. The maximum Gasteiger partial charge on any atom is 0.255 e. The lowest BCUT2D eigenvalue weighted by atomic mass is 9.95. The van der Waals surface area contributed by atoms with Crippen LogP contribution >= 0.6 is 0 Å². The maximum absolute atomic E-state index is 12.9. The molecule has 7 heteroatoms. The molecule has 0 atom stereocenters. The summed E-state index contributed by atoms with van der Waals surface area (Å²) >= 11 is 0. The minimum Gasteiger partial charge on any atom is -0.339 e. The number of fused-ring (bicyclic) bond motifs is 1. The number of pyridine rings is 1. The van der Waals surface area contributed by atoms with Crippen molar-refractivity contribution in [3.8, 4) is 0 Å². The van der Waals surface area contributed by atoms with E-state index in [0.29, 0.717) is 31.5 Å². The molecule has 29 heavy (non-hydrogen) atoms.